The van der Waals surface area contributed by atoms with E-state index < -0.39 is 40.3 Å². The van der Waals surface area contributed by atoms with E-state index in [1.165, 1.54) is 35.9 Å². The summed E-state index contributed by atoms with van der Waals surface area (Å²) in [5.41, 5.74) is -2.21. The van der Waals surface area contributed by atoms with E-state index in [0.717, 1.165) is 39.1 Å². The lowest BCUT2D eigenvalue weighted by molar-refractivity contribution is -0.144. The number of hydrogen-bond acceptors (Lipinski definition) is 5. The molecule has 2 N–H and O–H groups in total. The van der Waals surface area contributed by atoms with Gasteiger partial charge in [-0.15, -0.1) is 0 Å². The molecular weight excluding hydrogens is 611 g/mol. The SMILES string of the molecule is Cn1c(=O)c(-c2cccc3c(C[C@H](NC(=O)C4(C)CCN(C5CCOCC5)CC4)C(=O)O)cccc23)c(C(F)(F)F)c2ccccc21. The first kappa shape index (κ1) is 32.7. The number of halogens is 3. The summed E-state index contributed by atoms with van der Waals surface area (Å²) in [5, 5.41) is 13.7. The van der Waals surface area contributed by atoms with Crippen LogP contribution < -0.4 is 10.9 Å². The fourth-order valence-electron chi connectivity index (χ4n) is 7.22. The molecule has 2 aliphatic rings. The van der Waals surface area contributed by atoms with Gasteiger partial charge in [0.1, 0.15) is 6.04 Å². The number of alkyl halides is 3. The number of nitrogens with one attached hydrogen (secondary N) is 1. The van der Waals surface area contributed by atoms with Crippen molar-refractivity contribution in [3.05, 3.63) is 82.1 Å². The monoisotopic (exact) mass is 649 g/mol. The molecule has 2 saturated heterocycles. The number of aliphatic carboxylic acids is 1. The summed E-state index contributed by atoms with van der Waals surface area (Å²) in [4.78, 5) is 42.0. The molecule has 2 fully saturated rings. The Labute approximate surface area is 270 Å². The Hall–Kier alpha value is -4.22. The van der Waals surface area contributed by atoms with Gasteiger partial charge in [-0.25, -0.2) is 4.79 Å². The van der Waals surface area contributed by atoms with Crippen molar-refractivity contribution < 1.29 is 32.6 Å². The van der Waals surface area contributed by atoms with Gasteiger partial charge < -0.3 is 24.6 Å². The van der Waals surface area contributed by atoms with E-state index in [1.807, 2.05) is 6.92 Å². The van der Waals surface area contributed by atoms with E-state index in [4.69, 9.17) is 4.74 Å². The summed E-state index contributed by atoms with van der Waals surface area (Å²) in [6.07, 6.45) is -1.79. The molecule has 1 aromatic heterocycles. The molecule has 0 spiro atoms. The minimum absolute atomic E-state index is 0.0893. The van der Waals surface area contributed by atoms with Gasteiger partial charge in [0.15, 0.2) is 0 Å². The number of piperidine rings is 1. The highest BCUT2D eigenvalue weighted by atomic mass is 19.4. The molecule has 11 heteroatoms. The summed E-state index contributed by atoms with van der Waals surface area (Å²) in [7, 11) is 1.44. The third kappa shape index (κ3) is 6.26. The topological polar surface area (TPSA) is 101 Å². The minimum atomic E-state index is -4.82. The Bertz CT molecular complexity index is 1890. The van der Waals surface area contributed by atoms with Crippen LogP contribution in [0.3, 0.4) is 0 Å². The molecule has 0 bridgehead atoms. The Morgan fingerprint density at radius 3 is 2.30 bits per heavy atom. The summed E-state index contributed by atoms with van der Waals surface area (Å²) in [6.45, 7) is 4.82. The molecule has 2 aliphatic heterocycles. The highest BCUT2D eigenvalue weighted by Gasteiger charge is 2.41. The van der Waals surface area contributed by atoms with Crippen molar-refractivity contribution in [3.8, 4) is 11.1 Å². The van der Waals surface area contributed by atoms with Crippen LogP contribution in [-0.2, 0) is 34.0 Å². The molecule has 6 rings (SSSR count). The minimum Gasteiger partial charge on any atom is -0.480 e. The van der Waals surface area contributed by atoms with Gasteiger partial charge in [-0.05, 0) is 66.7 Å². The van der Waals surface area contributed by atoms with Crippen LogP contribution in [-0.4, -0.2) is 64.8 Å². The maximum absolute atomic E-state index is 14.7. The number of para-hydroxylation sites is 1. The predicted molar refractivity (Wildman–Crippen MR) is 173 cm³/mol. The molecule has 3 heterocycles. The molecular formula is C36H38F3N3O5. The molecule has 248 valence electrons. The number of nitrogens with zero attached hydrogens (tertiary/aromatic N) is 2. The molecule has 0 radical (unpaired) electrons. The van der Waals surface area contributed by atoms with Crippen molar-refractivity contribution >= 4 is 33.6 Å². The van der Waals surface area contributed by atoms with Gasteiger partial charge in [-0.3, -0.25) is 9.59 Å². The number of aromatic nitrogens is 1. The van der Waals surface area contributed by atoms with Gasteiger partial charge >= 0.3 is 12.1 Å². The van der Waals surface area contributed by atoms with Crippen LogP contribution in [0.2, 0.25) is 0 Å². The Balaban J connectivity index is 1.31. The lowest BCUT2D eigenvalue weighted by atomic mass is 9.78. The van der Waals surface area contributed by atoms with Gasteiger partial charge in [-0.2, -0.15) is 13.2 Å². The number of hydrogen-bond donors (Lipinski definition) is 2. The lowest BCUT2D eigenvalue weighted by Crippen LogP contribution is -2.53. The number of aryl methyl sites for hydroxylation is 1. The van der Waals surface area contributed by atoms with Gasteiger partial charge in [0, 0.05) is 43.5 Å². The second-order valence-electron chi connectivity index (χ2n) is 13.0. The number of ether oxygens (including phenoxy) is 1. The molecule has 47 heavy (non-hydrogen) atoms. The zero-order chi connectivity index (χ0) is 33.5. The van der Waals surface area contributed by atoms with Gasteiger partial charge in [-0.1, -0.05) is 61.5 Å². The van der Waals surface area contributed by atoms with Crippen molar-refractivity contribution in [3.63, 3.8) is 0 Å². The molecule has 4 aromatic rings. The van der Waals surface area contributed by atoms with E-state index in [-0.39, 0.29) is 28.8 Å². The Morgan fingerprint density at radius 2 is 1.62 bits per heavy atom. The first-order valence-electron chi connectivity index (χ1n) is 15.9. The molecule has 0 saturated carbocycles. The highest BCUT2D eigenvalue weighted by Crippen LogP contribution is 2.42. The molecule has 1 amide bonds. The van der Waals surface area contributed by atoms with E-state index in [0.29, 0.717) is 35.2 Å². The van der Waals surface area contributed by atoms with Gasteiger partial charge in [0.25, 0.3) is 5.56 Å². The third-order valence-corrected chi connectivity index (χ3v) is 10.1. The Kier molecular flexibility index (Phi) is 8.88. The number of pyridine rings is 1. The second-order valence-corrected chi connectivity index (χ2v) is 13.0. The summed E-state index contributed by atoms with van der Waals surface area (Å²) < 4.78 is 50.7. The van der Waals surface area contributed by atoms with Crippen molar-refractivity contribution in [1.82, 2.24) is 14.8 Å². The van der Waals surface area contributed by atoms with Crippen LogP contribution in [0.1, 0.15) is 43.7 Å². The molecule has 1 atom stereocenters. The quantitative estimate of drug-likeness (QED) is 0.264. The predicted octanol–water partition coefficient (Wildman–Crippen LogP) is 5.77. The average molecular weight is 650 g/mol. The number of carbonyl (C=O) groups is 2. The number of carbonyl (C=O) groups excluding carboxylic acids is 1. The van der Waals surface area contributed by atoms with Crippen LogP contribution in [0, 0.1) is 5.41 Å². The van der Waals surface area contributed by atoms with Crippen LogP contribution in [0.15, 0.2) is 65.5 Å². The normalized spacial score (nSPS) is 18.3. The highest BCUT2D eigenvalue weighted by molar-refractivity contribution is 6.02. The number of rotatable bonds is 7. The summed E-state index contributed by atoms with van der Waals surface area (Å²) in [6, 6.07) is 14.8. The van der Waals surface area contributed by atoms with Crippen LogP contribution in [0.4, 0.5) is 13.2 Å². The van der Waals surface area contributed by atoms with E-state index in [1.54, 1.807) is 36.4 Å². The van der Waals surface area contributed by atoms with Crippen molar-refractivity contribution in [1.29, 1.82) is 0 Å². The maximum atomic E-state index is 14.7. The second kappa shape index (κ2) is 12.8. The zero-order valence-electron chi connectivity index (χ0n) is 26.4. The van der Waals surface area contributed by atoms with E-state index in [2.05, 4.69) is 10.2 Å². The number of likely N-dealkylation sites (tertiary alicyclic amines) is 1. The fraction of sp³-hybridized carbons (Fsp3) is 0.417. The number of fused-ring (bicyclic) bond motifs is 2. The van der Waals surface area contributed by atoms with Gasteiger partial charge in [0.05, 0.1) is 16.6 Å². The summed E-state index contributed by atoms with van der Waals surface area (Å²) in [5.74, 6) is -1.54. The van der Waals surface area contributed by atoms with Crippen molar-refractivity contribution in [2.45, 2.75) is 57.3 Å². The number of amides is 1. The smallest absolute Gasteiger partial charge is 0.417 e. The molecule has 0 unspecified atom stereocenters. The maximum Gasteiger partial charge on any atom is 0.417 e. The number of carboxylic acids is 1. The molecule has 3 aromatic carbocycles. The first-order valence-corrected chi connectivity index (χ1v) is 15.9. The van der Waals surface area contributed by atoms with Crippen molar-refractivity contribution in [2.24, 2.45) is 12.5 Å². The molecule has 0 aliphatic carbocycles. The number of benzene rings is 3. The largest absolute Gasteiger partial charge is 0.480 e. The number of carboxylic acid groups (broad SMARTS) is 1. The van der Waals surface area contributed by atoms with Crippen LogP contribution in [0.25, 0.3) is 32.8 Å². The van der Waals surface area contributed by atoms with Gasteiger partial charge in [0.2, 0.25) is 5.91 Å². The van der Waals surface area contributed by atoms with E-state index >= 15 is 0 Å². The average Bonchev–Trinajstić information content (AvgIpc) is 3.06. The molecule has 8 nitrogen and oxygen atoms in total. The van der Waals surface area contributed by atoms with E-state index in [9.17, 15) is 32.7 Å². The zero-order valence-corrected chi connectivity index (χ0v) is 26.4. The van der Waals surface area contributed by atoms with Crippen LogP contribution in [0.5, 0.6) is 0 Å². The van der Waals surface area contributed by atoms with Crippen LogP contribution >= 0.6 is 0 Å². The summed E-state index contributed by atoms with van der Waals surface area (Å²) >= 11 is 0. The standard InChI is InChI=1S/C36H38F3N3O5/c1-35(15-17-42(18-16-35)23-13-19-47-20-14-23)34(46)40-28(33(44)45)21-22-7-5-10-25-24(22)9-6-11-26(25)30-31(36(37,38)39)27-8-3-4-12-29(27)41(2)32(30)43/h3-12,23,28H,13-21H2,1-2H3,(H,40,46)(H,44,45)/t28-/m0/s1. The Morgan fingerprint density at radius 1 is 0.979 bits per heavy atom. The third-order valence-electron chi connectivity index (χ3n) is 10.1. The first-order chi connectivity index (χ1) is 22.4. The van der Waals surface area contributed by atoms with Crippen molar-refractivity contribution in [2.75, 3.05) is 26.3 Å². The fourth-order valence-corrected chi connectivity index (χ4v) is 7.22. The lowest BCUT2D eigenvalue weighted by Gasteiger charge is -2.43.